The molecule has 0 radical (unpaired) electrons. The van der Waals surface area contributed by atoms with E-state index in [0.29, 0.717) is 34.9 Å². The SMILES string of the molecule is c1ccc(-c2cc(-c3ccccc3)cc(-c3nc(-c4ccccc4)nc(-c4cccc(-c5cccc(-c6cccc7c(-c8ccccc8)nc8ccccc8c67)c5)c4)n3)c2)cc1.c1ccc(-c2nc(-c3ccc(-c4cccc5c4oc4ccccc45)cc3)nc(-c3cccc(-c4cccc(-c5cccc6c(-c7ccccc7)nc7ccccc7c56)c4)c3)n2)cc1. The van der Waals surface area contributed by atoms with Crippen molar-refractivity contribution in [2.45, 2.75) is 0 Å². The van der Waals surface area contributed by atoms with Gasteiger partial charge in [-0.25, -0.2) is 39.9 Å². The minimum absolute atomic E-state index is 0.604. The van der Waals surface area contributed by atoms with Crippen LogP contribution in [0.15, 0.2) is 453 Å². The molecule has 23 aromatic rings. The van der Waals surface area contributed by atoms with Crippen molar-refractivity contribution < 1.29 is 4.42 Å². The van der Waals surface area contributed by atoms with E-state index < -0.39 is 0 Å². The molecule has 0 saturated carbocycles. The number of nitrogens with zero attached hydrogens (tertiary/aromatic N) is 8. The van der Waals surface area contributed by atoms with Crippen LogP contribution in [0.4, 0.5) is 0 Å². The topological polar surface area (TPSA) is 116 Å². The molecule has 0 aliphatic carbocycles. The van der Waals surface area contributed by atoms with E-state index in [2.05, 4.69) is 358 Å². The van der Waals surface area contributed by atoms with Gasteiger partial charge in [-0.05, 0) is 133 Å². The Morgan fingerprint density at radius 1 is 0.144 bits per heavy atom. The third-order valence-electron chi connectivity index (χ3n) is 23.4. The van der Waals surface area contributed by atoms with Gasteiger partial charge in [0.1, 0.15) is 11.2 Å². The second-order valence-electron chi connectivity index (χ2n) is 31.2. The molecule has 0 saturated heterocycles. The van der Waals surface area contributed by atoms with Crippen LogP contribution >= 0.6 is 0 Å². The molecule has 5 aromatic heterocycles. The summed E-state index contributed by atoms with van der Waals surface area (Å²) in [6.45, 7) is 0. The number of hydrogen-bond acceptors (Lipinski definition) is 9. The monoisotopic (exact) mass is 1590 g/mol. The minimum Gasteiger partial charge on any atom is -0.455 e. The van der Waals surface area contributed by atoms with Crippen LogP contribution in [0.5, 0.6) is 0 Å². The van der Waals surface area contributed by atoms with Crippen molar-refractivity contribution in [1.29, 1.82) is 0 Å². The molecule has 584 valence electrons. The van der Waals surface area contributed by atoms with Crippen LogP contribution in [0.3, 0.4) is 0 Å². The highest BCUT2D eigenvalue weighted by Gasteiger charge is 2.22. The summed E-state index contributed by atoms with van der Waals surface area (Å²) >= 11 is 0. The zero-order chi connectivity index (χ0) is 82.9. The zero-order valence-corrected chi connectivity index (χ0v) is 67.7. The van der Waals surface area contributed by atoms with Crippen LogP contribution in [0, 0.1) is 0 Å². The van der Waals surface area contributed by atoms with Gasteiger partial charge in [0.15, 0.2) is 34.9 Å². The molecule has 0 spiro atoms. The molecule has 0 aliphatic heterocycles. The molecule has 0 atom stereocenters. The molecule has 0 amide bonds. The number of para-hydroxylation sites is 4. The number of furan rings is 1. The zero-order valence-electron chi connectivity index (χ0n) is 67.7. The molecule has 125 heavy (non-hydrogen) atoms. The fraction of sp³-hybridized carbons (Fsp3) is 0. The number of benzene rings is 18. The Balaban J connectivity index is 0.000000148. The van der Waals surface area contributed by atoms with E-state index in [4.69, 9.17) is 44.3 Å². The van der Waals surface area contributed by atoms with Crippen molar-refractivity contribution in [3.8, 4) is 169 Å². The summed E-state index contributed by atoms with van der Waals surface area (Å²) in [4.78, 5) is 41.1. The molecular weight excluding hydrogens is 1520 g/mol. The van der Waals surface area contributed by atoms with Crippen LogP contribution < -0.4 is 0 Å². The Bertz CT molecular complexity index is 7950. The van der Waals surface area contributed by atoms with Crippen molar-refractivity contribution in [1.82, 2.24) is 39.9 Å². The lowest BCUT2D eigenvalue weighted by Crippen LogP contribution is -2.00. The first kappa shape index (κ1) is 74.4. The van der Waals surface area contributed by atoms with E-state index >= 15 is 0 Å². The summed E-state index contributed by atoms with van der Waals surface area (Å²) in [6, 6.07) is 156. The summed E-state index contributed by atoms with van der Waals surface area (Å²) in [5.74, 6) is 3.67. The molecule has 0 N–H and O–H groups in total. The van der Waals surface area contributed by atoms with Gasteiger partial charge < -0.3 is 4.42 Å². The van der Waals surface area contributed by atoms with Crippen molar-refractivity contribution >= 4 is 65.3 Å². The van der Waals surface area contributed by atoms with Gasteiger partial charge in [-0.1, -0.05) is 388 Å². The van der Waals surface area contributed by atoms with Gasteiger partial charge in [0.25, 0.3) is 0 Å². The Labute approximate surface area is 722 Å². The van der Waals surface area contributed by atoms with Gasteiger partial charge in [0.2, 0.25) is 0 Å². The maximum absolute atomic E-state index is 6.37. The van der Waals surface area contributed by atoms with E-state index in [-0.39, 0.29) is 0 Å². The molecule has 9 heteroatoms. The van der Waals surface area contributed by atoms with Crippen LogP contribution in [-0.4, -0.2) is 39.9 Å². The number of hydrogen-bond donors (Lipinski definition) is 0. The van der Waals surface area contributed by atoms with Gasteiger partial charge in [0, 0.05) is 93.2 Å². The van der Waals surface area contributed by atoms with Gasteiger partial charge >= 0.3 is 0 Å². The molecule has 0 aliphatic rings. The molecule has 0 fully saturated rings. The van der Waals surface area contributed by atoms with Gasteiger partial charge in [0.05, 0.1) is 22.4 Å². The summed E-state index contributed by atoms with van der Waals surface area (Å²) in [5, 5.41) is 9.13. The Morgan fingerprint density at radius 2 is 0.416 bits per heavy atom. The van der Waals surface area contributed by atoms with Gasteiger partial charge in [-0.15, -0.1) is 0 Å². The lowest BCUT2D eigenvalue weighted by atomic mass is 9.91. The van der Waals surface area contributed by atoms with E-state index in [0.717, 1.165) is 183 Å². The van der Waals surface area contributed by atoms with Crippen LogP contribution in [0.1, 0.15) is 0 Å². The van der Waals surface area contributed by atoms with E-state index in [1.807, 2.05) is 91.0 Å². The maximum Gasteiger partial charge on any atom is 0.164 e. The number of aromatic nitrogens is 8. The van der Waals surface area contributed by atoms with Crippen LogP contribution in [0.25, 0.3) is 234 Å². The summed E-state index contributed by atoms with van der Waals surface area (Å²) < 4.78 is 6.37. The minimum atomic E-state index is 0.604. The number of fused-ring (bicyclic) bond motifs is 9. The second-order valence-corrected chi connectivity index (χ2v) is 31.2. The molecule has 9 nitrogen and oxygen atoms in total. The van der Waals surface area contributed by atoms with Crippen molar-refractivity contribution in [2.75, 3.05) is 0 Å². The lowest BCUT2D eigenvalue weighted by molar-refractivity contribution is 0.670. The fourth-order valence-corrected chi connectivity index (χ4v) is 17.4. The summed E-state index contributed by atoms with van der Waals surface area (Å²) in [6.07, 6.45) is 0. The smallest absolute Gasteiger partial charge is 0.164 e. The third kappa shape index (κ3) is 14.7. The highest BCUT2D eigenvalue weighted by molar-refractivity contribution is 6.19. The number of pyridine rings is 2. The fourth-order valence-electron chi connectivity index (χ4n) is 17.4. The molecule has 23 rings (SSSR count). The molecule has 5 heterocycles. The van der Waals surface area contributed by atoms with Crippen LogP contribution in [-0.2, 0) is 0 Å². The number of rotatable bonds is 15. The molecular formula is C116H74N8O. The van der Waals surface area contributed by atoms with Crippen molar-refractivity contribution in [2.24, 2.45) is 0 Å². The summed E-state index contributed by atoms with van der Waals surface area (Å²) in [7, 11) is 0. The molecule has 0 unspecified atom stereocenters. The first-order valence-corrected chi connectivity index (χ1v) is 42.0. The quantitative estimate of drug-likeness (QED) is 0.0925. The second kappa shape index (κ2) is 32.7. The standard InChI is InChI=1S/C58H36N4O.C58H38N4/c1-3-15-38(16-4-1)54-50-28-13-25-45(53(50)49-24-7-9-29-51(49)59-54)43-21-11-19-41(35-43)42-20-12-22-44(36-42)58-61-56(39-17-5-2-6-18-39)60-57(62-58)40-33-31-37(32-34-40)46-26-14-27-48-47-23-8-10-30-52(47)63-55(46)48;1-5-18-39(19-6-1)47-36-48(40-20-7-2-8-21-40)38-49(37-47)58-61-56(42-24-11-4-12-25-42)60-57(62-58)46-29-16-27-44(35-46)43-26-15-28-45(34-43)50-31-17-32-52-54(50)51-30-13-14-33-53(51)59-55(52)41-22-9-3-10-23-41/h1-36H;1-38H. The van der Waals surface area contributed by atoms with E-state index in [1.165, 1.54) is 16.3 Å². The van der Waals surface area contributed by atoms with E-state index in [1.54, 1.807) is 0 Å². The van der Waals surface area contributed by atoms with Gasteiger partial charge in [-0.3, -0.25) is 0 Å². The predicted molar refractivity (Wildman–Crippen MR) is 514 cm³/mol. The highest BCUT2D eigenvalue weighted by atomic mass is 16.3. The van der Waals surface area contributed by atoms with Crippen molar-refractivity contribution in [3.05, 3.63) is 449 Å². The van der Waals surface area contributed by atoms with Gasteiger partial charge in [-0.2, -0.15) is 0 Å². The first-order valence-electron chi connectivity index (χ1n) is 42.0. The van der Waals surface area contributed by atoms with Crippen molar-refractivity contribution in [3.63, 3.8) is 0 Å². The molecule has 18 aromatic carbocycles. The molecule has 0 bridgehead atoms. The largest absolute Gasteiger partial charge is 0.455 e. The highest BCUT2D eigenvalue weighted by Crippen LogP contribution is 2.45. The Morgan fingerprint density at radius 3 is 0.848 bits per heavy atom. The third-order valence-corrected chi connectivity index (χ3v) is 23.4. The Hall–Kier alpha value is -16.9. The Kier molecular flexibility index (Phi) is 19.5. The summed E-state index contributed by atoms with van der Waals surface area (Å²) in [5.41, 5.74) is 28.8. The normalized spacial score (nSPS) is 11.4. The average molecular weight is 1600 g/mol. The van der Waals surface area contributed by atoms with E-state index in [9.17, 15) is 0 Å². The first-order chi connectivity index (χ1) is 61.9. The maximum atomic E-state index is 6.37. The van der Waals surface area contributed by atoms with Crippen LogP contribution in [0.2, 0.25) is 0 Å². The predicted octanol–water partition coefficient (Wildman–Crippen LogP) is 30.1. The average Bonchev–Trinajstić information content (AvgIpc) is 1.13. The lowest BCUT2D eigenvalue weighted by Gasteiger charge is -2.15.